The van der Waals surface area contributed by atoms with E-state index in [1.807, 2.05) is 42.5 Å². The highest BCUT2D eigenvalue weighted by atomic mass is 79.9. The third-order valence-corrected chi connectivity index (χ3v) is 4.07. The Balaban J connectivity index is 2.40. The standard InChI is InChI=1S/C15H10BrCl3/c16-9-12(10-1-4-13(17)5-2-10)7-11-3-6-14(18)8-15(11)19/h1-8H,9H2/b12-7+. The highest BCUT2D eigenvalue weighted by Gasteiger charge is 2.04. The first-order chi connectivity index (χ1) is 9.10. The zero-order valence-electron chi connectivity index (χ0n) is 9.84. The summed E-state index contributed by atoms with van der Waals surface area (Å²) in [5, 5.41) is 2.73. The summed E-state index contributed by atoms with van der Waals surface area (Å²) in [5.74, 6) is 0. The van der Waals surface area contributed by atoms with Crippen molar-refractivity contribution in [2.45, 2.75) is 0 Å². The fourth-order valence-electron chi connectivity index (χ4n) is 1.67. The van der Waals surface area contributed by atoms with Gasteiger partial charge in [0.1, 0.15) is 0 Å². The van der Waals surface area contributed by atoms with Crippen LogP contribution in [0.3, 0.4) is 0 Å². The van der Waals surface area contributed by atoms with E-state index in [-0.39, 0.29) is 0 Å². The molecular formula is C15H10BrCl3. The maximum absolute atomic E-state index is 6.18. The van der Waals surface area contributed by atoms with Crippen molar-refractivity contribution >= 4 is 62.4 Å². The quantitative estimate of drug-likeness (QED) is 0.419. The van der Waals surface area contributed by atoms with Gasteiger partial charge < -0.3 is 0 Å². The Morgan fingerprint density at radius 2 is 1.58 bits per heavy atom. The van der Waals surface area contributed by atoms with Crippen molar-refractivity contribution in [3.63, 3.8) is 0 Å². The number of hydrogen-bond donors (Lipinski definition) is 0. The molecule has 0 unspecified atom stereocenters. The highest BCUT2D eigenvalue weighted by Crippen LogP contribution is 2.27. The van der Waals surface area contributed by atoms with Gasteiger partial charge in [-0.05, 0) is 47.0 Å². The molecule has 4 heteroatoms. The van der Waals surface area contributed by atoms with E-state index in [0.717, 1.165) is 27.1 Å². The van der Waals surface area contributed by atoms with Crippen molar-refractivity contribution in [3.05, 3.63) is 68.7 Å². The third kappa shape index (κ3) is 4.00. The van der Waals surface area contributed by atoms with E-state index >= 15 is 0 Å². The molecule has 0 aliphatic heterocycles. The number of benzene rings is 2. The van der Waals surface area contributed by atoms with Crippen LogP contribution in [-0.4, -0.2) is 5.33 Å². The van der Waals surface area contributed by atoms with Gasteiger partial charge in [0.25, 0.3) is 0 Å². The van der Waals surface area contributed by atoms with Gasteiger partial charge in [-0.15, -0.1) is 0 Å². The average molecular weight is 377 g/mol. The fourth-order valence-corrected chi connectivity index (χ4v) is 2.74. The van der Waals surface area contributed by atoms with Crippen LogP contribution in [0.25, 0.3) is 11.6 Å². The van der Waals surface area contributed by atoms with Crippen LogP contribution in [0.15, 0.2) is 42.5 Å². The number of allylic oxidation sites excluding steroid dienone is 1. The summed E-state index contributed by atoms with van der Waals surface area (Å²) in [7, 11) is 0. The maximum Gasteiger partial charge on any atom is 0.0493 e. The largest absolute Gasteiger partial charge is 0.0876 e. The molecule has 0 radical (unpaired) electrons. The molecule has 0 fully saturated rings. The lowest BCUT2D eigenvalue weighted by Crippen LogP contribution is -1.86. The predicted octanol–water partition coefficient (Wildman–Crippen LogP) is 6.58. The minimum absolute atomic E-state index is 0.633. The molecule has 0 aliphatic rings. The molecule has 0 spiro atoms. The lowest BCUT2D eigenvalue weighted by molar-refractivity contribution is 1.58. The van der Waals surface area contributed by atoms with Crippen LogP contribution >= 0.6 is 50.7 Å². The van der Waals surface area contributed by atoms with Crippen LogP contribution in [0.4, 0.5) is 0 Å². The predicted molar refractivity (Wildman–Crippen MR) is 89.6 cm³/mol. The first-order valence-electron chi connectivity index (χ1n) is 5.57. The summed E-state index contributed by atoms with van der Waals surface area (Å²) in [4.78, 5) is 0. The van der Waals surface area contributed by atoms with Crippen molar-refractivity contribution in [3.8, 4) is 0 Å². The summed E-state index contributed by atoms with van der Waals surface area (Å²) in [5.41, 5.74) is 3.17. The number of rotatable bonds is 3. The Hall–Kier alpha value is -0.470. The van der Waals surface area contributed by atoms with Crippen molar-refractivity contribution in [2.75, 3.05) is 5.33 Å². The van der Waals surface area contributed by atoms with Gasteiger partial charge in [0.2, 0.25) is 0 Å². The molecule has 0 atom stereocenters. The van der Waals surface area contributed by atoms with E-state index in [9.17, 15) is 0 Å². The van der Waals surface area contributed by atoms with Crippen LogP contribution in [0.5, 0.6) is 0 Å². The SMILES string of the molecule is Clc1ccc(/C(=C/c2ccc(Cl)cc2Cl)CBr)cc1. The summed E-state index contributed by atoms with van der Waals surface area (Å²) in [6.07, 6.45) is 2.04. The van der Waals surface area contributed by atoms with Crippen LogP contribution in [0.2, 0.25) is 15.1 Å². The van der Waals surface area contributed by atoms with E-state index in [1.165, 1.54) is 0 Å². The molecule has 98 valence electrons. The number of halogens is 4. The van der Waals surface area contributed by atoms with Crippen molar-refractivity contribution < 1.29 is 0 Å². The molecule has 0 heterocycles. The van der Waals surface area contributed by atoms with Crippen molar-refractivity contribution in [1.82, 2.24) is 0 Å². The van der Waals surface area contributed by atoms with Gasteiger partial charge in [0.05, 0.1) is 0 Å². The van der Waals surface area contributed by atoms with Gasteiger partial charge in [-0.3, -0.25) is 0 Å². The van der Waals surface area contributed by atoms with E-state index in [1.54, 1.807) is 6.07 Å². The zero-order chi connectivity index (χ0) is 13.8. The van der Waals surface area contributed by atoms with Gasteiger partial charge in [0.15, 0.2) is 0 Å². The molecule has 0 N–H and O–H groups in total. The fraction of sp³-hybridized carbons (Fsp3) is 0.0667. The summed E-state index contributed by atoms with van der Waals surface area (Å²) in [6, 6.07) is 13.2. The third-order valence-electron chi connectivity index (χ3n) is 2.65. The Kier molecular flexibility index (Phi) is 5.35. The molecular weight excluding hydrogens is 366 g/mol. The minimum atomic E-state index is 0.633. The zero-order valence-corrected chi connectivity index (χ0v) is 13.7. The average Bonchev–Trinajstić information content (AvgIpc) is 2.39. The normalized spacial score (nSPS) is 11.7. The number of hydrogen-bond acceptors (Lipinski definition) is 0. The second kappa shape index (κ2) is 6.81. The van der Waals surface area contributed by atoms with Gasteiger partial charge in [-0.2, -0.15) is 0 Å². The maximum atomic E-state index is 6.18. The molecule has 0 amide bonds. The molecule has 0 nitrogen and oxygen atoms in total. The molecule has 0 aromatic heterocycles. The first kappa shape index (κ1) is 14.9. The van der Waals surface area contributed by atoms with E-state index < -0.39 is 0 Å². The Morgan fingerprint density at radius 3 is 2.16 bits per heavy atom. The molecule has 0 saturated heterocycles. The van der Waals surface area contributed by atoms with Crippen LogP contribution in [-0.2, 0) is 0 Å². The second-order valence-corrected chi connectivity index (χ2v) is 5.82. The van der Waals surface area contributed by atoms with Crippen LogP contribution < -0.4 is 0 Å². The summed E-state index contributed by atoms with van der Waals surface area (Å²) >= 11 is 21.5. The molecule has 0 aliphatic carbocycles. The lowest BCUT2D eigenvalue weighted by atomic mass is 10.0. The van der Waals surface area contributed by atoms with Crippen LogP contribution in [0.1, 0.15) is 11.1 Å². The van der Waals surface area contributed by atoms with E-state index in [2.05, 4.69) is 15.9 Å². The smallest absolute Gasteiger partial charge is 0.0493 e. The first-order valence-corrected chi connectivity index (χ1v) is 7.83. The summed E-state index contributed by atoms with van der Waals surface area (Å²) < 4.78 is 0. The molecule has 0 saturated carbocycles. The van der Waals surface area contributed by atoms with Crippen molar-refractivity contribution in [2.24, 2.45) is 0 Å². The highest BCUT2D eigenvalue weighted by molar-refractivity contribution is 9.09. The molecule has 19 heavy (non-hydrogen) atoms. The Bertz CT molecular complexity index is 603. The molecule has 0 bridgehead atoms. The monoisotopic (exact) mass is 374 g/mol. The summed E-state index contributed by atoms with van der Waals surface area (Å²) in [6.45, 7) is 0. The Morgan fingerprint density at radius 1 is 0.947 bits per heavy atom. The van der Waals surface area contributed by atoms with Crippen LogP contribution in [0, 0.1) is 0 Å². The van der Waals surface area contributed by atoms with Gasteiger partial charge in [0, 0.05) is 20.4 Å². The van der Waals surface area contributed by atoms with Gasteiger partial charge in [-0.1, -0.05) is 68.9 Å². The van der Waals surface area contributed by atoms with E-state index in [4.69, 9.17) is 34.8 Å². The topological polar surface area (TPSA) is 0 Å². The second-order valence-electron chi connectivity index (χ2n) is 3.98. The van der Waals surface area contributed by atoms with Crippen molar-refractivity contribution in [1.29, 1.82) is 0 Å². The number of alkyl halides is 1. The minimum Gasteiger partial charge on any atom is -0.0876 e. The van der Waals surface area contributed by atoms with Gasteiger partial charge in [-0.25, -0.2) is 0 Å². The lowest BCUT2D eigenvalue weighted by Gasteiger charge is -2.06. The Labute approximate surface area is 136 Å². The van der Waals surface area contributed by atoms with Gasteiger partial charge >= 0.3 is 0 Å². The van der Waals surface area contributed by atoms with E-state index in [0.29, 0.717) is 10.0 Å². The molecule has 2 aromatic rings. The molecule has 2 aromatic carbocycles. The molecule has 2 rings (SSSR count).